The molecule has 1 aliphatic rings. The molecule has 2 heteroatoms. The second-order valence-electron chi connectivity index (χ2n) is 8.79. The Morgan fingerprint density at radius 1 is 0.920 bits per heavy atom. The Hall–Kier alpha value is -1.64. The molecule has 0 saturated heterocycles. The molecule has 0 amide bonds. The van der Waals surface area contributed by atoms with Crippen molar-refractivity contribution < 1.29 is 4.48 Å². The van der Waals surface area contributed by atoms with Gasteiger partial charge in [-0.3, -0.25) is 0 Å². The molecule has 0 aliphatic carbocycles. The van der Waals surface area contributed by atoms with Crippen molar-refractivity contribution in [3.8, 4) is 0 Å². The van der Waals surface area contributed by atoms with E-state index in [1.807, 2.05) is 0 Å². The topological polar surface area (TPSA) is 3.24 Å². The summed E-state index contributed by atoms with van der Waals surface area (Å²) in [6, 6.07) is 15.5. The average molecular weight is 340 g/mol. The van der Waals surface area contributed by atoms with Gasteiger partial charge in [0.25, 0.3) is 0 Å². The molecule has 136 valence electrons. The van der Waals surface area contributed by atoms with Gasteiger partial charge in [0.1, 0.15) is 12.1 Å². The molecule has 0 bridgehead atoms. The fourth-order valence-electron chi connectivity index (χ4n) is 3.41. The SMILES string of the molecule is Cc1ccc(CN(C)C)cc1.Cc1ccc2c(c1)C(C)(C)[N+](C)(C)C2. The van der Waals surface area contributed by atoms with Gasteiger partial charge in [0, 0.05) is 17.7 Å². The standard InChI is InChI=1S/C13H20N.C10H15N/c1-10-6-7-11-9-14(4,5)13(2,3)12(11)8-10;1-9-4-6-10(7-5-9)8-11(2)3/h6-8H,9H2,1-5H3;4-7H,8H2,1-3H3/q+1;. The third kappa shape index (κ3) is 4.50. The van der Waals surface area contributed by atoms with Crippen LogP contribution in [0.5, 0.6) is 0 Å². The van der Waals surface area contributed by atoms with Gasteiger partial charge in [-0.2, -0.15) is 0 Å². The van der Waals surface area contributed by atoms with E-state index in [-0.39, 0.29) is 5.54 Å². The first kappa shape index (κ1) is 19.7. The molecule has 0 N–H and O–H groups in total. The molecule has 0 fully saturated rings. The summed E-state index contributed by atoms with van der Waals surface area (Å²) < 4.78 is 1.06. The summed E-state index contributed by atoms with van der Waals surface area (Å²) in [5, 5.41) is 0. The van der Waals surface area contributed by atoms with Crippen LogP contribution >= 0.6 is 0 Å². The van der Waals surface area contributed by atoms with Crippen molar-refractivity contribution in [3.05, 3.63) is 70.3 Å². The molecule has 2 aromatic rings. The lowest BCUT2D eigenvalue weighted by Gasteiger charge is -2.38. The Morgan fingerprint density at radius 2 is 1.48 bits per heavy atom. The predicted octanol–water partition coefficient (Wildman–Crippen LogP) is 4.88. The highest BCUT2D eigenvalue weighted by atomic mass is 15.4. The van der Waals surface area contributed by atoms with Gasteiger partial charge in [-0.05, 0) is 53.4 Å². The molecule has 0 saturated carbocycles. The van der Waals surface area contributed by atoms with Gasteiger partial charge >= 0.3 is 0 Å². The van der Waals surface area contributed by atoms with Crippen LogP contribution in [0.2, 0.25) is 0 Å². The van der Waals surface area contributed by atoms with Gasteiger partial charge in [-0.15, -0.1) is 0 Å². The summed E-state index contributed by atoms with van der Waals surface area (Å²) in [7, 11) is 8.80. The van der Waals surface area contributed by atoms with Crippen molar-refractivity contribution in [2.75, 3.05) is 28.2 Å². The third-order valence-corrected chi connectivity index (χ3v) is 5.62. The highest BCUT2D eigenvalue weighted by molar-refractivity contribution is 5.37. The van der Waals surface area contributed by atoms with Crippen LogP contribution in [0.1, 0.15) is 41.7 Å². The van der Waals surface area contributed by atoms with Crippen molar-refractivity contribution in [1.82, 2.24) is 4.90 Å². The number of hydrogen-bond donors (Lipinski definition) is 0. The van der Waals surface area contributed by atoms with Crippen LogP contribution in [0.3, 0.4) is 0 Å². The summed E-state index contributed by atoms with van der Waals surface area (Å²) in [6.07, 6.45) is 0. The third-order valence-electron chi connectivity index (χ3n) is 5.62. The predicted molar refractivity (Wildman–Crippen MR) is 109 cm³/mol. The van der Waals surface area contributed by atoms with Crippen LogP contribution in [-0.2, 0) is 18.6 Å². The zero-order valence-electron chi connectivity index (χ0n) is 17.4. The van der Waals surface area contributed by atoms with Gasteiger partial charge < -0.3 is 9.38 Å². The minimum absolute atomic E-state index is 0.251. The quantitative estimate of drug-likeness (QED) is 0.705. The Labute approximate surface area is 154 Å². The van der Waals surface area contributed by atoms with Crippen LogP contribution in [0, 0.1) is 13.8 Å². The number of benzene rings is 2. The second kappa shape index (κ2) is 7.31. The summed E-state index contributed by atoms with van der Waals surface area (Å²) >= 11 is 0. The summed E-state index contributed by atoms with van der Waals surface area (Å²) in [4.78, 5) is 2.17. The van der Waals surface area contributed by atoms with E-state index < -0.39 is 0 Å². The second-order valence-corrected chi connectivity index (χ2v) is 8.79. The maximum atomic E-state index is 2.35. The van der Waals surface area contributed by atoms with E-state index in [9.17, 15) is 0 Å². The van der Waals surface area contributed by atoms with Gasteiger partial charge in [0.05, 0.1) is 14.1 Å². The monoisotopic (exact) mass is 339 g/mol. The van der Waals surface area contributed by atoms with Crippen LogP contribution < -0.4 is 0 Å². The first-order chi connectivity index (χ1) is 11.5. The van der Waals surface area contributed by atoms with Crippen molar-refractivity contribution in [3.63, 3.8) is 0 Å². The van der Waals surface area contributed by atoms with Crippen LogP contribution in [0.15, 0.2) is 42.5 Å². The molecule has 0 aromatic heterocycles. The van der Waals surface area contributed by atoms with E-state index in [1.165, 1.54) is 27.8 Å². The number of rotatable bonds is 2. The van der Waals surface area contributed by atoms with Crippen LogP contribution in [0.25, 0.3) is 0 Å². The maximum Gasteiger partial charge on any atom is 0.119 e. The maximum absolute atomic E-state index is 2.35. The van der Waals surface area contributed by atoms with E-state index in [1.54, 1.807) is 0 Å². The van der Waals surface area contributed by atoms with Crippen LogP contribution in [0.4, 0.5) is 0 Å². The van der Waals surface area contributed by atoms with E-state index in [0.29, 0.717) is 0 Å². The largest absolute Gasteiger partial charge is 0.317 e. The minimum atomic E-state index is 0.251. The summed E-state index contributed by atoms with van der Waals surface area (Å²) in [5.74, 6) is 0. The lowest BCUT2D eigenvalue weighted by atomic mass is 9.92. The summed E-state index contributed by atoms with van der Waals surface area (Å²) in [5.41, 5.74) is 7.38. The van der Waals surface area contributed by atoms with Crippen molar-refractivity contribution in [2.24, 2.45) is 0 Å². The van der Waals surface area contributed by atoms with Crippen LogP contribution in [-0.4, -0.2) is 37.6 Å². The number of nitrogens with zero attached hydrogens (tertiary/aromatic N) is 2. The molecule has 1 heterocycles. The van der Waals surface area contributed by atoms with Gasteiger partial charge in [0.2, 0.25) is 0 Å². The number of quaternary nitrogens is 1. The van der Waals surface area contributed by atoms with E-state index in [4.69, 9.17) is 0 Å². The van der Waals surface area contributed by atoms with Gasteiger partial charge in [-0.25, -0.2) is 0 Å². The number of aryl methyl sites for hydroxylation is 2. The molecule has 1 aliphatic heterocycles. The highest BCUT2D eigenvalue weighted by Crippen LogP contribution is 2.42. The number of hydrogen-bond acceptors (Lipinski definition) is 1. The summed E-state index contributed by atoms with van der Waals surface area (Å²) in [6.45, 7) is 11.2. The smallest absolute Gasteiger partial charge is 0.119 e. The molecule has 0 radical (unpaired) electrons. The molecule has 0 spiro atoms. The molecule has 2 aromatic carbocycles. The average Bonchev–Trinajstić information content (AvgIpc) is 2.68. The van der Waals surface area contributed by atoms with E-state index in [2.05, 4.69) is 103 Å². The van der Waals surface area contributed by atoms with Crippen molar-refractivity contribution in [1.29, 1.82) is 0 Å². The lowest BCUT2D eigenvalue weighted by Crippen LogP contribution is -2.48. The zero-order valence-corrected chi connectivity index (χ0v) is 17.4. The van der Waals surface area contributed by atoms with Gasteiger partial charge in [0.15, 0.2) is 0 Å². The molecule has 0 atom stereocenters. The first-order valence-corrected chi connectivity index (χ1v) is 9.16. The minimum Gasteiger partial charge on any atom is -0.317 e. The first-order valence-electron chi connectivity index (χ1n) is 9.16. The van der Waals surface area contributed by atoms with E-state index >= 15 is 0 Å². The fraction of sp³-hybridized carbons (Fsp3) is 0.478. The Morgan fingerprint density at radius 3 is 2.04 bits per heavy atom. The normalized spacial score (nSPS) is 17.0. The molecule has 0 unspecified atom stereocenters. The molecule has 2 nitrogen and oxygen atoms in total. The highest BCUT2D eigenvalue weighted by Gasteiger charge is 2.45. The lowest BCUT2D eigenvalue weighted by molar-refractivity contribution is -0.950. The molecule has 25 heavy (non-hydrogen) atoms. The zero-order chi connectivity index (χ0) is 18.8. The molecular formula is C23H35N2+. The Kier molecular flexibility index (Phi) is 5.75. The van der Waals surface area contributed by atoms with Gasteiger partial charge in [-0.1, -0.05) is 47.5 Å². The molecular weight excluding hydrogens is 304 g/mol. The van der Waals surface area contributed by atoms with E-state index in [0.717, 1.165) is 17.6 Å². The number of fused-ring (bicyclic) bond motifs is 1. The Balaban J connectivity index is 0.000000186. The van der Waals surface area contributed by atoms with Crippen molar-refractivity contribution >= 4 is 0 Å². The molecule has 3 rings (SSSR count). The Bertz CT molecular complexity index is 709. The fourth-order valence-corrected chi connectivity index (χ4v) is 3.41. The van der Waals surface area contributed by atoms with Crippen molar-refractivity contribution in [2.45, 2.75) is 46.3 Å².